The van der Waals surface area contributed by atoms with Crippen LogP contribution in [0.1, 0.15) is 46.5 Å². The number of hydrogen-bond donors (Lipinski definition) is 1. The fourth-order valence-electron chi connectivity index (χ4n) is 1.81. The molecule has 0 heterocycles. The van der Waals surface area contributed by atoms with Crippen molar-refractivity contribution < 1.29 is 4.79 Å². The van der Waals surface area contributed by atoms with Gasteiger partial charge in [0.2, 0.25) is 5.91 Å². The SMILES string of the molecule is CCN(CC)CCCC(C)NC(=O)CCCCl. The molecule has 102 valence electrons. The lowest BCUT2D eigenvalue weighted by atomic mass is 10.1. The molecular weight excluding hydrogens is 236 g/mol. The molecular formula is C13H27ClN2O. The van der Waals surface area contributed by atoms with Crippen LogP contribution in [-0.4, -0.2) is 42.4 Å². The van der Waals surface area contributed by atoms with Gasteiger partial charge in [-0.15, -0.1) is 11.6 Å². The molecule has 1 unspecified atom stereocenters. The lowest BCUT2D eigenvalue weighted by Gasteiger charge is -2.19. The number of carbonyl (C=O) groups excluding carboxylic acids is 1. The molecule has 0 radical (unpaired) electrons. The topological polar surface area (TPSA) is 32.3 Å². The van der Waals surface area contributed by atoms with Gasteiger partial charge in [-0.3, -0.25) is 4.79 Å². The molecule has 1 N–H and O–H groups in total. The summed E-state index contributed by atoms with van der Waals surface area (Å²) in [7, 11) is 0. The van der Waals surface area contributed by atoms with Crippen LogP contribution in [0, 0.1) is 0 Å². The van der Waals surface area contributed by atoms with Crippen molar-refractivity contribution in [3.05, 3.63) is 0 Å². The summed E-state index contributed by atoms with van der Waals surface area (Å²) in [4.78, 5) is 13.8. The number of carbonyl (C=O) groups is 1. The molecule has 0 aromatic heterocycles. The third kappa shape index (κ3) is 9.42. The van der Waals surface area contributed by atoms with Gasteiger partial charge in [-0.2, -0.15) is 0 Å². The standard InChI is InChI=1S/C13H27ClN2O/c1-4-16(5-2)11-7-8-12(3)15-13(17)9-6-10-14/h12H,4-11H2,1-3H3,(H,15,17). The summed E-state index contributed by atoms with van der Waals surface area (Å²) in [6.07, 6.45) is 3.49. The van der Waals surface area contributed by atoms with Gasteiger partial charge in [-0.1, -0.05) is 13.8 Å². The van der Waals surface area contributed by atoms with Gasteiger partial charge in [0.25, 0.3) is 0 Å². The molecule has 1 amide bonds. The van der Waals surface area contributed by atoms with E-state index in [-0.39, 0.29) is 11.9 Å². The highest BCUT2D eigenvalue weighted by Gasteiger charge is 2.07. The number of nitrogens with zero attached hydrogens (tertiary/aromatic N) is 1. The highest BCUT2D eigenvalue weighted by molar-refractivity contribution is 6.17. The van der Waals surface area contributed by atoms with E-state index in [0.717, 1.165) is 38.9 Å². The number of alkyl halides is 1. The smallest absolute Gasteiger partial charge is 0.220 e. The maximum atomic E-state index is 11.4. The summed E-state index contributed by atoms with van der Waals surface area (Å²) < 4.78 is 0. The lowest BCUT2D eigenvalue weighted by molar-refractivity contribution is -0.121. The first-order valence-electron chi connectivity index (χ1n) is 6.71. The Balaban J connectivity index is 3.58. The van der Waals surface area contributed by atoms with Crippen LogP contribution in [0.2, 0.25) is 0 Å². The average Bonchev–Trinajstić information content (AvgIpc) is 2.32. The fraction of sp³-hybridized carbons (Fsp3) is 0.923. The molecule has 1 atom stereocenters. The molecule has 0 aliphatic heterocycles. The summed E-state index contributed by atoms with van der Waals surface area (Å²) in [6.45, 7) is 9.76. The largest absolute Gasteiger partial charge is 0.354 e. The van der Waals surface area contributed by atoms with Crippen molar-refractivity contribution in [1.82, 2.24) is 10.2 Å². The van der Waals surface area contributed by atoms with Crippen LogP contribution in [0.4, 0.5) is 0 Å². The molecule has 4 heteroatoms. The fourth-order valence-corrected chi connectivity index (χ4v) is 1.94. The number of amides is 1. The lowest BCUT2D eigenvalue weighted by Crippen LogP contribution is -2.33. The highest BCUT2D eigenvalue weighted by atomic mass is 35.5. The number of hydrogen-bond acceptors (Lipinski definition) is 2. The van der Waals surface area contributed by atoms with E-state index < -0.39 is 0 Å². The average molecular weight is 263 g/mol. The second-order valence-electron chi connectivity index (χ2n) is 4.43. The van der Waals surface area contributed by atoms with E-state index in [0.29, 0.717) is 12.3 Å². The minimum Gasteiger partial charge on any atom is -0.354 e. The Morgan fingerprint density at radius 3 is 2.47 bits per heavy atom. The van der Waals surface area contributed by atoms with E-state index in [9.17, 15) is 4.79 Å². The molecule has 3 nitrogen and oxygen atoms in total. The monoisotopic (exact) mass is 262 g/mol. The maximum Gasteiger partial charge on any atom is 0.220 e. The van der Waals surface area contributed by atoms with Crippen molar-refractivity contribution in [1.29, 1.82) is 0 Å². The Labute approximate surface area is 111 Å². The van der Waals surface area contributed by atoms with Crippen LogP contribution in [0.25, 0.3) is 0 Å². The molecule has 0 saturated heterocycles. The normalized spacial score (nSPS) is 12.8. The molecule has 0 fully saturated rings. The van der Waals surface area contributed by atoms with Gasteiger partial charge in [-0.25, -0.2) is 0 Å². The Morgan fingerprint density at radius 1 is 1.29 bits per heavy atom. The number of halogens is 1. The van der Waals surface area contributed by atoms with E-state index in [2.05, 4.69) is 31.0 Å². The molecule has 0 aliphatic carbocycles. The van der Waals surface area contributed by atoms with Crippen molar-refractivity contribution >= 4 is 17.5 Å². The van der Waals surface area contributed by atoms with Crippen LogP contribution in [-0.2, 0) is 4.79 Å². The van der Waals surface area contributed by atoms with Gasteiger partial charge < -0.3 is 10.2 Å². The first-order chi connectivity index (χ1) is 8.13. The van der Waals surface area contributed by atoms with Crippen molar-refractivity contribution in [2.75, 3.05) is 25.5 Å². The van der Waals surface area contributed by atoms with Gasteiger partial charge in [0, 0.05) is 18.3 Å². The van der Waals surface area contributed by atoms with Crippen molar-refractivity contribution in [2.24, 2.45) is 0 Å². The zero-order valence-electron chi connectivity index (χ0n) is 11.5. The molecule has 17 heavy (non-hydrogen) atoms. The maximum absolute atomic E-state index is 11.4. The second-order valence-corrected chi connectivity index (χ2v) is 4.81. The van der Waals surface area contributed by atoms with Gasteiger partial charge in [0.05, 0.1) is 0 Å². The number of nitrogens with one attached hydrogen (secondary N) is 1. The third-order valence-electron chi connectivity index (χ3n) is 2.95. The Morgan fingerprint density at radius 2 is 1.94 bits per heavy atom. The Bertz CT molecular complexity index is 196. The molecule has 0 rings (SSSR count). The first kappa shape index (κ1) is 16.7. The van der Waals surface area contributed by atoms with Crippen LogP contribution in [0.15, 0.2) is 0 Å². The summed E-state index contributed by atoms with van der Waals surface area (Å²) >= 11 is 5.55. The van der Waals surface area contributed by atoms with E-state index >= 15 is 0 Å². The molecule has 0 aromatic carbocycles. The van der Waals surface area contributed by atoms with Crippen LogP contribution < -0.4 is 5.32 Å². The van der Waals surface area contributed by atoms with Crippen LogP contribution in [0.5, 0.6) is 0 Å². The van der Waals surface area contributed by atoms with E-state index in [1.54, 1.807) is 0 Å². The minimum absolute atomic E-state index is 0.126. The Kier molecular flexibility index (Phi) is 10.7. The first-order valence-corrected chi connectivity index (χ1v) is 7.25. The van der Waals surface area contributed by atoms with Crippen LogP contribution >= 0.6 is 11.6 Å². The van der Waals surface area contributed by atoms with E-state index in [1.165, 1.54) is 0 Å². The zero-order chi connectivity index (χ0) is 13.1. The summed E-state index contributed by atoms with van der Waals surface area (Å²) in [6, 6.07) is 0.272. The zero-order valence-corrected chi connectivity index (χ0v) is 12.2. The summed E-state index contributed by atoms with van der Waals surface area (Å²) in [5.41, 5.74) is 0. The second kappa shape index (κ2) is 10.8. The highest BCUT2D eigenvalue weighted by Crippen LogP contribution is 2.01. The molecule has 0 spiro atoms. The van der Waals surface area contributed by atoms with E-state index in [4.69, 9.17) is 11.6 Å². The quantitative estimate of drug-likeness (QED) is 0.614. The van der Waals surface area contributed by atoms with Gasteiger partial charge in [-0.05, 0) is 45.8 Å². The number of rotatable bonds is 10. The summed E-state index contributed by atoms with van der Waals surface area (Å²) in [5.74, 6) is 0.685. The summed E-state index contributed by atoms with van der Waals surface area (Å²) in [5, 5.41) is 3.01. The van der Waals surface area contributed by atoms with Gasteiger partial charge in [0.1, 0.15) is 0 Å². The predicted octanol–water partition coefficient (Wildman–Crippen LogP) is 2.63. The van der Waals surface area contributed by atoms with Gasteiger partial charge >= 0.3 is 0 Å². The third-order valence-corrected chi connectivity index (χ3v) is 3.22. The molecule has 0 aliphatic rings. The van der Waals surface area contributed by atoms with Crippen molar-refractivity contribution in [2.45, 2.75) is 52.5 Å². The molecule has 0 aromatic rings. The Hall–Kier alpha value is -0.280. The molecule has 0 bridgehead atoms. The van der Waals surface area contributed by atoms with Crippen molar-refractivity contribution in [3.8, 4) is 0 Å². The van der Waals surface area contributed by atoms with Gasteiger partial charge in [0.15, 0.2) is 0 Å². The minimum atomic E-state index is 0.126. The van der Waals surface area contributed by atoms with Crippen LogP contribution in [0.3, 0.4) is 0 Å². The van der Waals surface area contributed by atoms with E-state index in [1.807, 2.05) is 0 Å². The molecule has 0 saturated carbocycles. The predicted molar refractivity (Wildman–Crippen MR) is 74.6 cm³/mol. The van der Waals surface area contributed by atoms with Crippen molar-refractivity contribution in [3.63, 3.8) is 0 Å².